The lowest BCUT2D eigenvalue weighted by atomic mass is 9.87. The van der Waals surface area contributed by atoms with Crippen LogP contribution in [-0.2, 0) is 16.8 Å². The number of nitrogens with zero attached hydrogens (tertiary/aromatic N) is 2. The molecule has 4 aromatic rings. The smallest absolute Gasteiger partial charge is 0.258 e. The summed E-state index contributed by atoms with van der Waals surface area (Å²) >= 11 is 0. The van der Waals surface area contributed by atoms with E-state index in [4.69, 9.17) is 14.5 Å². The van der Waals surface area contributed by atoms with Gasteiger partial charge in [-0.1, -0.05) is 57.2 Å². The predicted molar refractivity (Wildman–Crippen MR) is 148 cm³/mol. The maximum Gasteiger partial charge on any atom is 0.258 e. The Kier molecular flexibility index (Phi) is 7.86. The fraction of sp³-hybridized carbons (Fsp3) is 0.355. The second-order valence-electron chi connectivity index (χ2n) is 10.6. The molecule has 1 aromatic heterocycles. The largest absolute Gasteiger partial charge is 0.492 e. The van der Waals surface area contributed by atoms with E-state index in [2.05, 4.69) is 42.8 Å². The molecule has 6 nitrogen and oxygen atoms in total. The van der Waals surface area contributed by atoms with Crippen molar-refractivity contribution >= 4 is 16.9 Å². The zero-order valence-corrected chi connectivity index (χ0v) is 22.7. The summed E-state index contributed by atoms with van der Waals surface area (Å²) in [5, 5.41) is 3.04. The number of hydrogen-bond donors (Lipinski definition) is 1. The van der Waals surface area contributed by atoms with Gasteiger partial charge in [0.15, 0.2) is 6.61 Å². The van der Waals surface area contributed by atoms with E-state index in [-0.39, 0.29) is 24.0 Å². The lowest BCUT2D eigenvalue weighted by Crippen LogP contribution is -2.33. The van der Waals surface area contributed by atoms with Crippen LogP contribution in [-0.4, -0.2) is 28.7 Å². The minimum atomic E-state index is -0.298. The van der Waals surface area contributed by atoms with Crippen LogP contribution in [0.4, 0.5) is 0 Å². The third-order valence-electron chi connectivity index (χ3n) is 6.46. The molecule has 1 amide bonds. The van der Waals surface area contributed by atoms with Crippen LogP contribution in [0, 0.1) is 13.8 Å². The summed E-state index contributed by atoms with van der Waals surface area (Å²) in [6.07, 6.45) is 0. The van der Waals surface area contributed by atoms with Crippen molar-refractivity contribution in [3.05, 3.63) is 89.2 Å². The fourth-order valence-electron chi connectivity index (χ4n) is 4.32. The van der Waals surface area contributed by atoms with Gasteiger partial charge in [-0.2, -0.15) is 0 Å². The van der Waals surface area contributed by atoms with Crippen LogP contribution in [0.15, 0.2) is 66.7 Å². The monoisotopic (exact) mass is 499 g/mol. The summed E-state index contributed by atoms with van der Waals surface area (Å²) in [4.78, 5) is 17.5. The first-order chi connectivity index (χ1) is 17.6. The Morgan fingerprint density at radius 2 is 1.73 bits per heavy atom. The van der Waals surface area contributed by atoms with Crippen molar-refractivity contribution in [2.45, 2.75) is 59.5 Å². The Hall–Kier alpha value is -3.80. The Morgan fingerprint density at radius 3 is 2.46 bits per heavy atom. The van der Waals surface area contributed by atoms with Crippen LogP contribution >= 0.6 is 0 Å². The highest BCUT2D eigenvalue weighted by atomic mass is 16.5. The van der Waals surface area contributed by atoms with Gasteiger partial charge in [-0.3, -0.25) is 4.79 Å². The number of aromatic nitrogens is 2. The first-order valence-electron chi connectivity index (χ1n) is 12.8. The zero-order chi connectivity index (χ0) is 26.6. The van der Waals surface area contributed by atoms with E-state index in [1.54, 1.807) is 0 Å². The highest BCUT2D eigenvalue weighted by Crippen LogP contribution is 2.25. The molecule has 0 aliphatic heterocycles. The van der Waals surface area contributed by atoms with E-state index in [0.29, 0.717) is 13.2 Å². The van der Waals surface area contributed by atoms with Crippen molar-refractivity contribution in [2.75, 3.05) is 13.2 Å². The molecule has 0 aliphatic carbocycles. The number of rotatable bonds is 9. The van der Waals surface area contributed by atoms with Crippen LogP contribution in [0.25, 0.3) is 11.0 Å². The fourth-order valence-corrected chi connectivity index (χ4v) is 4.32. The van der Waals surface area contributed by atoms with Gasteiger partial charge < -0.3 is 19.4 Å². The van der Waals surface area contributed by atoms with E-state index in [1.807, 2.05) is 75.4 Å². The minimum Gasteiger partial charge on any atom is -0.492 e. The number of ether oxygens (including phenoxy) is 2. The Bertz CT molecular complexity index is 1370. The van der Waals surface area contributed by atoms with E-state index in [9.17, 15) is 4.79 Å². The van der Waals surface area contributed by atoms with Crippen LogP contribution < -0.4 is 14.8 Å². The van der Waals surface area contributed by atoms with Gasteiger partial charge >= 0.3 is 0 Å². The number of nitrogens with one attached hydrogen (secondary N) is 1. The van der Waals surface area contributed by atoms with E-state index in [0.717, 1.165) is 39.5 Å². The molecule has 1 unspecified atom stereocenters. The lowest BCUT2D eigenvalue weighted by molar-refractivity contribution is -0.123. The first-order valence-corrected chi connectivity index (χ1v) is 12.8. The van der Waals surface area contributed by atoms with E-state index >= 15 is 0 Å². The number of carbonyl (C=O) groups is 1. The average Bonchev–Trinajstić information content (AvgIpc) is 3.23. The Balaban J connectivity index is 1.42. The number of para-hydroxylation sites is 2. The second kappa shape index (κ2) is 11.1. The van der Waals surface area contributed by atoms with Gasteiger partial charge in [0.05, 0.1) is 23.6 Å². The molecule has 0 spiro atoms. The molecule has 0 radical (unpaired) electrons. The summed E-state index contributed by atoms with van der Waals surface area (Å²) in [5.41, 5.74) is 5.37. The van der Waals surface area contributed by atoms with Crippen molar-refractivity contribution < 1.29 is 14.3 Å². The number of amides is 1. The number of carbonyl (C=O) groups excluding carboxylic acids is 1. The molecule has 0 aliphatic rings. The number of fused-ring (bicyclic) bond motifs is 1. The number of benzene rings is 3. The molecular formula is C31H37N3O3. The minimum absolute atomic E-state index is 0.0530. The highest BCUT2D eigenvalue weighted by Gasteiger charge is 2.19. The molecule has 3 aromatic carbocycles. The topological polar surface area (TPSA) is 65.4 Å². The molecule has 4 rings (SSSR count). The molecule has 1 N–H and O–H groups in total. The SMILES string of the molecule is Cc1ccc(C)c(OCC(=O)NC(C)c2nc3ccccc3n2CCOc2ccc(C(C)(C)C)cc2)c1. The molecule has 37 heavy (non-hydrogen) atoms. The zero-order valence-electron chi connectivity index (χ0n) is 22.7. The van der Waals surface area contributed by atoms with Gasteiger partial charge in [0.2, 0.25) is 0 Å². The quantitative estimate of drug-likeness (QED) is 0.294. The summed E-state index contributed by atoms with van der Waals surface area (Å²) in [5.74, 6) is 2.15. The van der Waals surface area contributed by atoms with Crippen LogP contribution in [0.5, 0.6) is 11.5 Å². The summed E-state index contributed by atoms with van der Waals surface area (Å²) in [6, 6.07) is 21.9. The van der Waals surface area contributed by atoms with Crippen molar-refractivity contribution in [1.82, 2.24) is 14.9 Å². The maximum absolute atomic E-state index is 12.7. The predicted octanol–water partition coefficient (Wildman–Crippen LogP) is 6.29. The van der Waals surface area contributed by atoms with E-state index in [1.165, 1.54) is 5.56 Å². The molecule has 0 bridgehead atoms. The van der Waals surface area contributed by atoms with Gasteiger partial charge in [0.1, 0.15) is 23.9 Å². The molecule has 0 fully saturated rings. The van der Waals surface area contributed by atoms with Crippen molar-refractivity contribution in [3.8, 4) is 11.5 Å². The Morgan fingerprint density at radius 1 is 1.00 bits per heavy atom. The standard InChI is InChI=1S/C31H37N3O3/c1-21-11-12-22(2)28(19-21)37-20-29(35)32-23(3)30-33-26-9-7-8-10-27(26)34(30)17-18-36-25-15-13-24(14-16-25)31(4,5)6/h7-16,19,23H,17-18,20H2,1-6H3,(H,32,35). The van der Waals surface area contributed by atoms with Crippen LogP contribution in [0.3, 0.4) is 0 Å². The van der Waals surface area contributed by atoms with Crippen molar-refractivity contribution in [2.24, 2.45) is 0 Å². The van der Waals surface area contributed by atoms with E-state index < -0.39 is 0 Å². The van der Waals surface area contributed by atoms with Crippen molar-refractivity contribution in [1.29, 1.82) is 0 Å². The van der Waals surface area contributed by atoms with Gasteiger partial charge in [-0.25, -0.2) is 4.98 Å². The molecule has 194 valence electrons. The molecule has 0 saturated carbocycles. The third kappa shape index (κ3) is 6.50. The van der Waals surface area contributed by atoms with Crippen molar-refractivity contribution in [3.63, 3.8) is 0 Å². The number of imidazole rings is 1. The van der Waals surface area contributed by atoms with Crippen LogP contribution in [0.2, 0.25) is 0 Å². The van der Waals surface area contributed by atoms with Crippen LogP contribution in [0.1, 0.15) is 56.3 Å². The molecule has 1 heterocycles. The second-order valence-corrected chi connectivity index (χ2v) is 10.6. The van der Waals surface area contributed by atoms with Gasteiger partial charge in [0.25, 0.3) is 5.91 Å². The van der Waals surface area contributed by atoms with Gasteiger partial charge in [-0.15, -0.1) is 0 Å². The average molecular weight is 500 g/mol. The maximum atomic E-state index is 12.7. The molecular weight excluding hydrogens is 462 g/mol. The lowest BCUT2D eigenvalue weighted by Gasteiger charge is -2.19. The summed E-state index contributed by atoms with van der Waals surface area (Å²) in [7, 11) is 0. The number of hydrogen-bond acceptors (Lipinski definition) is 4. The molecule has 0 saturated heterocycles. The Labute approximate surface area is 219 Å². The third-order valence-corrected chi connectivity index (χ3v) is 6.46. The summed E-state index contributed by atoms with van der Waals surface area (Å²) in [6.45, 7) is 13.6. The molecule has 6 heteroatoms. The van der Waals surface area contributed by atoms with Gasteiger partial charge in [0, 0.05) is 0 Å². The number of aryl methyl sites for hydroxylation is 2. The first kappa shape index (κ1) is 26.3. The van der Waals surface area contributed by atoms with Gasteiger partial charge in [-0.05, 0) is 73.2 Å². The normalized spacial score (nSPS) is 12.4. The summed E-state index contributed by atoms with van der Waals surface area (Å²) < 4.78 is 14.0. The highest BCUT2D eigenvalue weighted by molar-refractivity contribution is 5.79. The molecule has 1 atom stereocenters.